The zero-order chi connectivity index (χ0) is 14.4. The molecule has 6 nitrogen and oxygen atoms in total. The number of nitrogens with zero attached hydrogens (tertiary/aromatic N) is 1. The molecule has 1 aromatic carbocycles. The van der Waals surface area contributed by atoms with Crippen LogP contribution < -0.4 is 10.4 Å². The fourth-order valence-electron chi connectivity index (χ4n) is 1.62. The highest BCUT2D eigenvalue weighted by Crippen LogP contribution is 2.21. The molecule has 0 saturated heterocycles. The Morgan fingerprint density at radius 2 is 1.75 bits per heavy atom. The number of carbonyl (C=O) groups excluding carboxylic acids is 3. The van der Waals surface area contributed by atoms with Crippen LogP contribution in [0, 0.1) is 0 Å². The molecule has 0 fully saturated rings. The van der Waals surface area contributed by atoms with Crippen molar-refractivity contribution in [1.29, 1.82) is 0 Å². The van der Waals surface area contributed by atoms with Crippen LogP contribution in [0.3, 0.4) is 0 Å². The number of rotatable bonds is 6. The van der Waals surface area contributed by atoms with Gasteiger partial charge < -0.3 is 0 Å². The summed E-state index contributed by atoms with van der Waals surface area (Å²) in [6, 6.07) is 6.63. The molecule has 20 heavy (non-hydrogen) atoms. The van der Waals surface area contributed by atoms with Gasteiger partial charge in [0, 0.05) is 12.2 Å². The van der Waals surface area contributed by atoms with Gasteiger partial charge in [-0.25, -0.2) is 4.90 Å². The first-order chi connectivity index (χ1) is 9.72. The highest BCUT2D eigenvalue weighted by Gasteiger charge is 2.24. The molecule has 0 unspecified atom stereocenters. The number of aldehydes is 1. The molecule has 0 aromatic heterocycles. The largest absolute Gasteiger partial charge is 0.299 e. The average Bonchev–Trinajstić information content (AvgIpc) is 2.79. The van der Waals surface area contributed by atoms with Crippen molar-refractivity contribution in [1.82, 2.24) is 0 Å². The number of hydrogen-bond donors (Lipinski definition) is 1. The van der Waals surface area contributed by atoms with Crippen LogP contribution in [-0.2, 0) is 19.2 Å². The summed E-state index contributed by atoms with van der Waals surface area (Å²) in [5.74, 6) is -0.711. The van der Waals surface area contributed by atoms with E-state index >= 15 is 0 Å². The molecule has 1 aliphatic heterocycles. The molecule has 2 amide bonds. The molecule has 6 heteroatoms. The van der Waals surface area contributed by atoms with Gasteiger partial charge in [0.15, 0.2) is 0 Å². The van der Waals surface area contributed by atoms with E-state index in [4.69, 9.17) is 4.84 Å². The molecule has 1 aromatic rings. The lowest BCUT2D eigenvalue weighted by Crippen LogP contribution is -2.29. The predicted octanol–water partition coefficient (Wildman–Crippen LogP) is 1.21. The summed E-state index contributed by atoms with van der Waals surface area (Å²) in [6.07, 6.45) is 6.02. The lowest BCUT2D eigenvalue weighted by atomic mass is 10.2. The molecule has 0 atom stereocenters. The van der Waals surface area contributed by atoms with Gasteiger partial charge in [0.25, 0.3) is 11.8 Å². The summed E-state index contributed by atoms with van der Waals surface area (Å²) < 4.78 is 0. The Morgan fingerprint density at radius 1 is 1.10 bits per heavy atom. The minimum absolute atomic E-state index is 0.244. The van der Waals surface area contributed by atoms with Gasteiger partial charge in [-0.3, -0.25) is 24.7 Å². The first-order valence-electron chi connectivity index (χ1n) is 5.86. The molecule has 0 radical (unpaired) electrons. The van der Waals surface area contributed by atoms with E-state index in [1.807, 2.05) is 0 Å². The van der Waals surface area contributed by atoms with E-state index in [1.54, 1.807) is 30.3 Å². The summed E-state index contributed by atoms with van der Waals surface area (Å²) in [5.41, 5.74) is 3.84. The van der Waals surface area contributed by atoms with E-state index in [0.29, 0.717) is 17.7 Å². The van der Waals surface area contributed by atoms with Crippen molar-refractivity contribution in [3.63, 3.8) is 0 Å². The maximum atomic E-state index is 11.5. The quantitative estimate of drug-likeness (QED) is 0.277. The van der Waals surface area contributed by atoms with Gasteiger partial charge in [-0.2, -0.15) is 0 Å². The molecule has 2 rings (SSSR count). The summed E-state index contributed by atoms with van der Waals surface area (Å²) in [6.45, 7) is 0.244. The van der Waals surface area contributed by atoms with Crippen molar-refractivity contribution in [3.05, 3.63) is 48.6 Å². The SMILES string of the molecule is O=C/C=C\CONc1ccc(N2C(=O)C=CC2=O)cc1. The molecule has 1 N–H and O–H groups in total. The van der Waals surface area contributed by atoms with E-state index in [9.17, 15) is 14.4 Å². The molecular formula is C14H12N2O4. The number of allylic oxidation sites excluding steroid dienone is 1. The molecule has 102 valence electrons. The smallest absolute Gasteiger partial charge is 0.258 e. The number of anilines is 2. The van der Waals surface area contributed by atoms with Gasteiger partial charge in [0.1, 0.15) is 6.29 Å². The van der Waals surface area contributed by atoms with Crippen LogP contribution in [0.15, 0.2) is 48.6 Å². The van der Waals surface area contributed by atoms with Crippen LogP contribution in [0.4, 0.5) is 11.4 Å². The number of nitrogens with one attached hydrogen (secondary N) is 1. The second-order valence-corrected chi connectivity index (χ2v) is 3.87. The summed E-state index contributed by atoms with van der Waals surface area (Å²) in [7, 11) is 0. The van der Waals surface area contributed by atoms with Crippen LogP contribution in [0.1, 0.15) is 0 Å². The zero-order valence-corrected chi connectivity index (χ0v) is 10.5. The Bertz CT molecular complexity index is 557. The monoisotopic (exact) mass is 272 g/mol. The van der Waals surface area contributed by atoms with Gasteiger partial charge in [-0.05, 0) is 30.3 Å². The standard InChI is InChI=1S/C14H12N2O4/c17-9-1-2-10-20-15-11-3-5-12(6-4-11)16-13(18)7-8-14(16)19/h1-9,15H,10H2/b2-1-. The van der Waals surface area contributed by atoms with Crippen molar-refractivity contribution in [2.45, 2.75) is 0 Å². The van der Waals surface area contributed by atoms with E-state index in [2.05, 4.69) is 5.48 Å². The topological polar surface area (TPSA) is 75.7 Å². The first-order valence-corrected chi connectivity index (χ1v) is 5.86. The second kappa shape index (κ2) is 6.44. The van der Waals surface area contributed by atoms with E-state index in [-0.39, 0.29) is 18.4 Å². The number of amides is 2. The van der Waals surface area contributed by atoms with Crippen LogP contribution in [-0.4, -0.2) is 24.7 Å². The summed E-state index contributed by atoms with van der Waals surface area (Å²) in [5, 5.41) is 0. The molecule has 0 bridgehead atoms. The van der Waals surface area contributed by atoms with Crippen molar-refractivity contribution < 1.29 is 19.2 Å². The van der Waals surface area contributed by atoms with E-state index in [1.165, 1.54) is 18.2 Å². The lowest BCUT2D eigenvalue weighted by molar-refractivity contribution is -0.120. The third-order valence-electron chi connectivity index (χ3n) is 2.52. The third-order valence-corrected chi connectivity index (χ3v) is 2.52. The minimum atomic E-state index is -0.356. The molecule has 0 spiro atoms. The van der Waals surface area contributed by atoms with Crippen LogP contribution in [0.5, 0.6) is 0 Å². The Morgan fingerprint density at radius 3 is 2.35 bits per heavy atom. The molecule has 1 aliphatic rings. The number of benzene rings is 1. The maximum Gasteiger partial charge on any atom is 0.258 e. The Kier molecular flexibility index (Phi) is 4.41. The van der Waals surface area contributed by atoms with Crippen LogP contribution in [0.25, 0.3) is 0 Å². The van der Waals surface area contributed by atoms with Gasteiger partial charge in [-0.1, -0.05) is 6.08 Å². The predicted molar refractivity (Wildman–Crippen MR) is 72.9 cm³/mol. The highest BCUT2D eigenvalue weighted by molar-refractivity contribution is 6.28. The molecule has 0 saturated carbocycles. The van der Waals surface area contributed by atoms with Gasteiger partial charge in [-0.15, -0.1) is 0 Å². The normalized spacial score (nSPS) is 14.3. The Balaban J connectivity index is 1.93. The van der Waals surface area contributed by atoms with Gasteiger partial charge in [0.05, 0.1) is 18.0 Å². The average molecular weight is 272 g/mol. The third kappa shape index (κ3) is 3.18. The van der Waals surface area contributed by atoms with Crippen molar-refractivity contribution in [2.75, 3.05) is 17.0 Å². The summed E-state index contributed by atoms with van der Waals surface area (Å²) >= 11 is 0. The van der Waals surface area contributed by atoms with Crippen LogP contribution >= 0.6 is 0 Å². The van der Waals surface area contributed by atoms with Gasteiger partial charge >= 0.3 is 0 Å². The number of hydrogen-bond acceptors (Lipinski definition) is 5. The summed E-state index contributed by atoms with van der Waals surface area (Å²) in [4.78, 5) is 39.2. The fraction of sp³-hybridized carbons (Fsp3) is 0.0714. The molecular weight excluding hydrogens is 260 g/mol. The van der Waals surface area contributed by atoms with Crippen LogP contribution in [0.2, 0.25) is 0 Å². The Hall–Kier alpha value is -2.73. The van der Waals surface area contributed by atoms with Crippen molar-refractivity contribution in [2.24, 2.45) is 0 Å². The van der Waals surface area contributed by atoms with Crippen molar-refractivity contribution in [3.8, 4) is 0 Å². The lowest BCUT2D eigenvalue weighted by Gasteiger charge is -2.14. The minimum Gasteiger partial charge on any atom is -0.299 e. The molecule has 1 heterocycles. The van der Waals surface area contributed by atoms with Gasteiger partial charge in [0.2, 0.25) is 0 Å². The Labute approximate surface area is 115 Å². The zero-order valence-electron chi connectivity index (χ0n) is 10.5. The number of carbonyl (C=O) groups is 3. The maximum absolute atomic E-state index is 11.5. The van der Waals surface area contributed by atoms with E-state index < -0.39 is 0 Å². The van der Waals surface area contributed by atoms with E-state index in [0.717, 1.165) is 4.90 Å². The van der Waals surface area contributed by atoms with Crippen molar-refractivity contribution >= 4 is 29.5 Å². The first kappa shape index (κ1) is 13.7. The second-order valence-electron chi connectivity index (χ2n) is 3.87. The number of imide groups is 1. The fourth-order valence-corrected chi connectivity index (χ4v) is 1.62. The highest BCUT2D eigenvalue weighted by atomic mass is 16.6. The molecule has 0 aliphatic carbocycles.